The summed E-state index contributed by atoms with van der Waals surface area (Å²) in [5.74, 6) is 0.476. The molecule has 0 bridgehead atoms. The number of benzene rings is 2. The van der Waals surface area contributed by atoms with Crippen LogP contribution in [0.15, 0.2) is 74.4 Å². The molecule has 0 aliphatic rings. The van der Waals surface area contributed by atoms with Crippen molar-refractivity contribution in [2.75, 3.05) is 5.32 Å². The first kappa shape index (κ1) is 24.6. The Hall–Kier alpha value is -3.05. The molecule has 180 valence electrons. The first-order valence-corrected chi connectivity index (χ1v) is 12.7. The number of amides is 1. The fraction of sp³-hybridized carbons (Fsp3) is 0.0417. The summed E-state index contributed by atoms with van der Waals surface area (Å²) in [5.41, 5.74) is 2.63. The largest absolute Gasteiger partial charge is 0.334 e. The van der Waals surface area contributed by atoms with Gasteiger partial charge in [0.1, 0.15) is 10.3 Å². The maximum atomic E-state index is 13.4. The number of aryl methyl sites for hydroxylation is 1. The Labute approximate surface area is 231 Å². The molecule has 8 nitrogen and oxygen atoms in total. The Morgan fingerprint density at radius 1 is 1.08 bits per heavy atom. The molecule has 36 heavy (non-hydrogen) atoms. The number of anilines is 1. The van der Waals surface area contributed by atoms with E-state index in [4.69, 9.17) is 27.7 Å². The summed E-state index contributed by atoms with van der Waals surface area (Å²) < 4.78 is 8.29. The summed E-state index contributed by atoms with van der Waals surface area (Å²) >= 11 is 19.4. The van der Waals surface area contributed by atoms with E-state index >= 15 is 0 Å². The fourth-order valence-electron chi connectivity index (χ4n) is 3.51. The van der Waals surface area contributed by atoms with Crippen LogP contribution in [0.2, 0.25) is 10.0 Å². The lowest BCUT2D eigenvalue weighted by atomic mass is 10.1. The highest BCUT2D eigenvalue weighted by molar-refractivity contribution is 9.10. The number of carbonyl (C=O) groups excluding carboxylic acids is 1. The lowest BCUT2D eigenvalue weighted by molar-refractivity contribution is 0.101. The fourth-order valence-corrected chi connectivity index (χ4v) is 4.63. The van der Waals surface area contributed by atoms with Gasteiger partial charge < -0.3 is 9.84 Å². The second-order valence-electron chi connectivity index (χ2n) is 7.60. The second kappa shape index (κ2) is 10.1. The molecule has 0 saturated carbocycles. The maximum absolute atomic E-state index is 13.4. The van der Waals surface area contributed by atoms with Crippen molar-refractivity contribution in [2.24, 2.45) is 0 Å². The SMILES string of the molecule is Cc1cc(Cl)cc(-c2nc(-c3ccc(Br)cc3)no2)c1NC(=O)c1cc(Br)nn1-c1ncccc1Cl. The van der Waals surface area contributed by atoms with Crippen LogP contribution in [-0.4, -0.2) is 30.8 Å². The Kier molecular flexibility index (Phi) is 6.94. The van der Waals surface area contributed by atoms with Crippen LogP contribution in [0.5, 0.6) is 0 Å². The van der Waals surface area contributed by atoms with E-state index in [1.165, 1.54) is 4.68 Å². The van der Waals surface area contributed by atoms with Crippen LogP contribution in [0.4, 0.5) is 5.69 Å². The van der Waals surface area contributed by atoms with Crippen molar-refractivity contribution in [3.05, 3.63) is 91.2 Å². The average molecular weight is 649 g/mol. The molecule has 5 rings (SSSR count). The first-order valence-electron chi connectivity index (χ1n) is 10.4. The van der Waals surface area contributed by atoms with Crippen molar-refractivity contribution in [1.82, 2.24) is 24.9 Å². The lowest BCUT2D eigenvalue weighted by Gasteiger charge is -2.13. The number of carbonyl (C=O) groups is 1. The quantitative estimate of drug-likeness (QED) is 0.214. The number of nitrogens with one attached hydrogen (secondary N) is 1. The van der Waals surface area contributed by atoms with Gasteiger partial charge in [0.05, 0.1) is 16.3 Å². The third kappa shape index (κ3) is 4.94. The maximum Gasteiger partial charge on any atom is 0.274 e. The number of aromatic nitrogens is 5. The molecule has 1 amide bonds. The Morgan fingerprint density at radius 3 is 2.61 bits per heavy atom. The summed E-state index contributed by atoms with van der Waals surface area (Å²) in [6, 6.07) is 15.8. The normalized spacial score (nSPS) is 11.0. The molecule has 0 spiro atoms. The van der Waals surface area contributed by atoms with Crippen molar-refractivity contribution in [2.45, 2.75) is 6.92 Å². The van der Waals surface area contributed by atoms with Gasteiger partial charge in [-0.2, -0.15) is 10.1 Å². The molecule has 2 aromatic carbocycles. The molecule has 3 aromatic heterocycles. The number of rotatable bonds is 5. The van der Waals surface area contributed by atoms with Crippen LogP contribution < -0.4 is 5.32 Å². The van der Waals surface area contributed by atoms with Crippen LogP contribution in [0.1, 0.15) is 16.1 Å². The number of pyridine rings is 1. The molecular formula is C24H14Br2Cl2N6O2. The van der Waals surface area contributed by atoms with Gasteiger partial charge in [0.25, 0.3) is 11.8 Å². The van der Waals surface area contributed by atoms with Crippen molar-refractivity contribution in [3.8, 4) is 28.7 Å². The molecular weight excluding hydrogens is 635 g/mol. The van der Waals surface area contributed by atoms with Gasteiger partial charge in [-0.15, -0.1) is 0 Å². The molecule has 12 heteroatoms. The molecule has 0 atom stereocenters. The number of hydrogen-bond acceptors (Lipinski definition) is 6. The van der Waals surface area contributed by atoms with Gasteiger partial charge in [-0.05, 0) is 76.9 Å². The molecule has 0 saturated heterocycles. The monoisotopic (exact) mass is 646 g/mol. The topological polar surface area (TPSA) is 98.7 Å². The molecule has 5 aromatic rings. The number of halogens is 4. The minimum atomic E-state index is -0.450. The molecule has 1 N–H and O–H groups in total. The van der Waals surface area contributed by atoms with Gasteiger partial charge in [-0.25, -0.2) is 9.67 Å². The zero-order valence-corrected chi connectivity index (χ0v) is 23.0. The van der Waals surface area contributed by atoms with Crippen molar-refractivity contribution >= 4 is 66.7 Å². The Balaban J connectivity index is 1.53. The predicted octanol–water partition coefficient (Wildman–Crippen LogP) is 7.38. The standard InChI is InChI=1S/C24H14Br2Cl2N6O2/c1-12-9-15(27)10-16(24-31-21(33-36-24)13-4-6-14(25)7-5-13)20(12)30-23(35)18-11-19(26)32-34(18)22-17(28)3-2-8-29-22/h2-11H,1H3,(H,30,35). The van der Waals surface area contributed by atoms with Gasteiger partial charge >= 0.3 is 0 Å². The summed E-state index contributed by atoms with van der Waals surface area (Å²) in [7, 11) is 0. The molecule has 0 aliphatic carbocycles. The van der Waals surface area contributed by atoms with E-state index < -0.39 is 5.91 Å². The van der Waals surface area contributed by atoms with Crippen LogP contribution in [0.25, 0.3) is 28.7 Å². The van der Waals surface area contributed by atoms with E-state index in [0.29, 0.717) is 43.1 Å². The number of hydrogen-bond donors (Lipinski definition) is 1. The molecule has 0 aliphatic heterocycles. The van der Waals surface area contributed by atoms with Crippen LogP contribution in [-0.2, 0) is 0 Å². The van der Waals surface area contributed by atoms with Gasteiger partial charge in [0.2, 0.25) is 5.82 Å². The minimum absolute atomic E-state index is 0.205. The molecule has 3 heterocycles. The summed E-state index contributed by atoms with van der Waals surface area (Å²) in [6.07, 6.45) is 1.57. The van der Waals surface area contributed by atoms with E-state index in [2.05, 4.69) is 57.4 Å². The summed E-state index contributed by atoms with van der Waals surface area (Å²) in [4.78, 5) is 22.2. The first-order chi connectivity index (χ1) is 17.3. The summed E-state index contributed by atoms with van der Waals surface area (Å²) in [6.45, 7) is 1.82. The van der Waals surface area contributed by atoms with E-state index in [1.807, 2.05) is 31.2 Å². The van der Waals surface area contributed by atoms with Crippen LogP contribution >= 0.6 is 55.1 Å². The van der Waals surface area contributed by atoms with Gasteiger partial charge in [-0.3, -0.25) is 4.79 Å². The van der Waals surface area contributed by atoms with Crippen molar-refractivity contribution in [1.29, 1.82) is 0 Å². The van der Waals surface area contributed by atoms with E-state index in [0.717, 1.165) is 10.0 Å². The summed E-state index contributed by atoms with van der Waals surface area (Å²) in [5, 5.41) is 12.2. The Morgan fingerprint density at radius 2 is 1.86 bits per heavy atom. The average Bonchev–Trinajstić information content (AvgIpc) is 3.48. The van der Waals surface area contributed by atoms with Crippen LogP contribution in [0, 0.1) is 6.92 Å². The van der Waals surface area contributed by atoms with Gasteiger partial charge in [-0.1, -0.05) is 44.3 Å². The minimum Gasteiger partial charge on any atom is -0.334 e. The third-order valence-electron chi connectivity index (χ3n) is 5.15. The van der Waals surface area contributed by atoms with Crippen molar-refractivity contribution in [3.63, 3.8) is 0 Å². The zero-order valence-electron chi connectivity index (χ0n) is 18.3. The van der Waals surface area contributed by atoms with Crippen molar-refractivity contribution < 1.29 is 9.32 Å². The smallest absolute Gasteiger partial charge is 0.274 e. The third-order valence-corrected chi connectivity index (χ3v) is 6.58. The van der Waals surface area contributed by atoms with Gasteiger partial charge in [0.15, 0.2) is 5.82 Å². The Bertz CT molecular complexity index is 1600. The second-order valence-corrected chi connectivity index (χ2v) is 10.2. The molecule has 0 radical (unpaired) electrons. The van der Waals surface area contributed by atoms with E-state index in [9.17, 15) is 4.79 Å². The highest BCUT2D eigenvalue weighted by atomic mass is 79.9. The zero-order chi connectivity index (χ0) is 25.4. The molecule has 0 fully saturated rings. The van der Waals surface area contributed by atoms with Gasteiger partial charge in [0, 0.05) is 27.3 Å². The predicted molar refractivity (Wildman–Crippen MR) is 145 cm³/mol. The number of nitrogens with zero attached hydrogens (tertiary/aromatic N) is 5. The lowest BCUT2D eigenvalue weighted by Crippen LogP contribution is -2.18. The van der Waals surface area contributed by atoms with E-state index in [1.54, 1.807) is 36.5 Å². The highest BCUT2D eigenvalue weighted by Crippen LogP contribution is 2.35. The van der Waals surface area contributed by atoms with E-state index in [-0.39, 0.29) is 11.6 Å². The van der Waals surface area contributed by atoms with Crippen LogP contribution in [0.3, 0.4) is 0 Å². The molecule has 0 unspecified atom stereocenters. The highest BCUT2D eigenvalue weighted by Gasteiger charge is 2.23.